The van der Waals surface area contributed by atoms with Crippen LogP contribution in [0.15, 0.2) is 140 Å². The molecule has 0 saturated heterocycles. The molecule has 8 heterocycles. The van der Waals surface area contributed by atoms with Crippen LogP contribution in [0.2, 0.25) is 0 Å². The molecule has 0 aliphatic carbocycles. The van der Waals surface area contributed by atoms with E-state index in [9.17, 15) is 13.5 Å². The summed E-state index contributed by atoms with van der Waals surface area (Å²) in [7, 11) is -3.54. The Bertz CT molecular complexity index is 3100. The lowest BCUT2D eigenvalue weighted by atomic mass is 10.00. The predicted octanol–water partition coefficient (Wildman–Crippen LogP) is 10.1. The van der Waals surface area contributed by atoms with Gasteiger partial charge in [-0.25, -0.2) is 38.7 Å². The van der Waals surface area contributed by atoms with E-state index in [1.807, 2.05) is 106 Å². The SMILES string of the molecule is CS(=O)(=O)O[C@@H]1C[C@@H](c2ccccc2)n2nc(Br)nc21.Cl[C@H]1CC(c2ccccc2)n2nc(Br)nc21.N#C[C@H]1C[C@@H](c2ccccc2)n2nc(Br)nc21.O[C@@H]1C[C@@H](c2ccccc2)n2nc(Br)nc21. The summed E-state index contributed by atoms with van der Waals surface area (Å²) in [4.78, 5) is 16.9. The van der Waals surface area contributed by atoms with Crippen LogP contribution in [0.3, 0.4) is 0 Å². The number of benzene rings is 4. The summed E-state index contributed by atoms with van der Waals surface area (Å²) in [5.41, 5.74) is 4.59. The second-order valence-electron chi connectivity index (χ2n) is 16.3. The Balaban J connectivity index is 0.000000115. The molecule has 1 N–H and O–H groups in total. The van der Waals surface area contributed by atoms with Gasteiger partial charge in [0.15, 0.2) is 11.6 Å². The van der Waals surface area contributed by atoms with Crippen molar-refractivity contribution in [3.63, 3.8) is 0 Å². The number of aromatic nitrogens is 12. The van der Waals surface area contributed by atoms with E-state index in [-0.39, 0.29) is 35.5 Å². The maximum absolute atomic E-state index is 11.4. The third-order valence-corrected chi connectivity index (χ3v) is 14.1. The van der Waals surface area contributed by atoms with Crippen LogP contribution in [0.4, 0.5) is 0 Å². The van der Waals surface area contributed by atoms with Gasteiger partial charge in [-0.05, 0) is 98.8 Å². The minimum Gasteiger partial charge on any atom is -0.385 e. The topological polar surface area (TPSA) is 210 Å². The molecule has 4 aromatic heterocycles. The number of aliphatic hydroxyl groups is 1. The molecule has 4 aromatic carbocycles. The summed E-state index contributed by atoms with van der Waals surface area (Å²) < 4.78 is 37.2. The molecule has 8 aromatic rings. The Morgan fingerprint density at radius 3 is 1.35 bits per heavy atom. The molecule has 4 aliphatic heterocycles. The van der Waals surface area contributed by atoms with Crippen LogP contribution in [0.5, 0.6) is 0 Å². The first-order valence-electron chi connectivity index (χ1n) is 21.5. The zero-order valence-electron chi connectivity index (χ0n) is 36.3. The monoisotopic (exact) mass is 1220 g/mol. The highest BCUT2D eigenvalue weighted by Crippen LogP contribution is 2.43. The number of halogens is 5. The molecule has 1 unspecified atom stereocenters. The third-order valence-electron chi connectivity index (χ3n) is 11.8. The number of nitrogens with zero attached hydrogens (tertiary/aromatic N) is 13. The van der Waals surface area contributed by atoms with Crippen molar-refractivity contribution >= 4 is 85.4 Å². The molecule has 0 amide bonds. The molecule has 0 radical (unpaired) electrons. The number of nitriles is 1. The van der Waals surface area contributed by atoms with Gasteiger partial charge in [0.2, 0.25) is 18.9 Å². The Labute approximate surface area is 435 Å². The lowest BCUT2D eigenvalue weighted by molar-refractivity contribution is 0.172. The summed E-state index contributed by atoms with van der Waals surface area (Å²) in [6, 6.07) is 42.8. The molecule has 0 saturated carbocycles. The fourth-order valence-corrected chi connectivity index (χ4v) is 11.2. The molecule has 354 valence electrons. The van der Waals surface area contributed by atoms with Gasteiger partial charge in [0.25, 0.3) is 10.1 Å². The molecule has 0 bridgehead atoms. The van der Waals surface area contributed by atoms with Gasteiger partial charge >= 0.3 is 0 Å². The van der Waals surface area contributed by atoms with Crippen molar-refractivity contribution in [3.8, 4) is 6.07 Å². The lowest BCUT2D eigenvalue weighted by Crippen LogP contribution is -2.09. The summed E-state index contributed by atoms with van der Waals surface area (Å²) >= 11 is 19.2. The summed E-state index contributed by atoms with van der Waals surface area (Å²) in [5.74, 6) is 2.60. The molecule has 17 nitrogen and oxygen atoms in total. The van der Waals surface area contributed by atoms with Crippen molar-refractivity contribution in [3.05, 3.63) is 186 Å². The van der Waals surface area contributed by atoms with Crippen molar-refractivity contribution in [2.45, 2.75) is 73.4 Å². The normalized spacial score (nSPS) is 22.6. The lowest BCUT2D eigenvalue weighted by Gasteiger charge is -2.12. The molecule has 8 atom stereocenters. The van der Waals surface area contributed by atoms with Crippen molar-refractivity contribution < 1.29 is 17.7 Å². The van der Waals surface area contributed by atoms with Gasteiger partial charge in [-0.1, -0.05) is 121 Å². The smallest absolute Gasteiger partial charge is 0.265 e. The van der Waals surface area contributed by atoms with E-state index < -0.39 is 22.3 Å². The summed E-state index contributed by atoms with van der Waals surface area (Å²) in [6.45, 7) is 0. The van der Waals surface area contributed by atoms with Crippen LogP contribution in [0.25, 0.3) is 0 Å². The Morgan fingerprint density at radius 1 is 0.551 bits per heavy atom. The van der Waals surface area contributed by atoms with Crippen molar-refractivity contribution in [1.29, 1.82) is 5.26 Å². The van der Waals surface area contributed by atoms with Crippen LogP contribution in [-0.2, 0) is 14.3 Å². The number of alkyl halides is 1. The van der Waals surface area contributed by atoms with Crippen LogP contribution in [0.1, 0.15) is 119 Å². The van der Waals surface area contributed by atoms with Gasteiger partial charge in [0, 0.05) is 12.8 Å². The first-order valence-corrected chi connectivity index (χ1v) is 26.9. The van der Waals surface area contributed by atoms with Crippen LogP contribution < -0.4 is 0 Å². The maximum atomic E-state index is 11.4. The molecule has 23 heteroatoms. The van der Waals surface area contributed by atoms with Gasteiger partial charge in [-0.15, -0.1) is 32.0 Å². The minimum absolute atomic E-state index is 0.0518. The highest BCUT2D eigenvalue weighted by molar-refractivity contribution is 9.11. The number of rotatable bonds is 6. The van der Waals surface area contributed by atoms with Crippen molar-refractivity contribution in [2.24, 2.45) is 0 Å². The molecule has 0 spiro atoms. The molecule has 69 heavy (non-hydrogen) atoms. The number of hydrogen-bond acceptors (Lipinski definition) is 13. The average molecular weight is 1230 g/mol. The highest BCUT2D eigenvalue weighted by atomic mass is 79.9. The molecular formula is C46H40Br4ClN13O4S. The van der Waals surface area contributed by atoms with Gasteiger partial charge in [-0.3, -0.25) is 4.18 Å². The molecule has 4 aliphatic rings. The quantitative estimate of drug-likeness (QED) is 0.122. The van der Waals surface area contributed by atoms with E-state index in [1.165, 1.54) is 11.1 Å². The Hall–Kier alpha value is -4.99. The van der Waals surface area contributed by atoms with Gasteiger partial charge in [0.05, 0.1) is 41.9 Å². The molecular weight excluding hydrogens is 1190 g/mol. The predicted molar refractivity (Wildman–Crippen MR) is 268 cm³/mol. The van der Waals surface area contributed by atoms with Gasteiger partial charge in [0.1, 0.15) is 29.8 Å². The standard InChI is InChI=1S/C12H9BrN4.C12H12BrN3O3S.C11H9BrClN3.C11H10BrN3O/c13-12-15-11-9(7-14)6-10(17(11)16-12)8-4-2-1-3-5-8;1-20(17,18)19-10-7-9(8-5-3-2-4-6-8)16-11(10)14-12(13)15-16;12-11-14-10-8(13)6-9(16(10)15-11)7-4-2-1-3-5-7;12-11-13-10-9(16)6-8(15(10)14-11)7-4-2-1-3-5-7/h1-5,9-10H,6H2;2-6,9-10H,7H2,1H3;1-5,8-9H,6H2;1-5,8-9,16H,6H2/t2*9-,10+;8-,9?;8-,9+/m1000/s1. The van der Waals surface area contributed by atoms with E-state index >= 15 is 0 Å². The van der Waals surface area contributed by atoms with Crippen LogP contribution in [0, 0.1) is 11.3 Å². The van der Waals surface area contributed by atoms with Gasteiger partial charge < -0.3 is 5.11 Å². The number of fused-ring (bicyclic) bond motifs is 4. The Morgan fingerprint density at radius 2 is 0.899 bits per heavy atom. The van der Waals surface area contributed by atoms with Gasteiger partial charge in [-0.2, -0.15) is 13.7 Å². The van der Waals surface area contributed by atoms with E-state index in [2.05, 4.69) is 134 Å². The van der Waals surface area contributed by atoms with E-state index in [0.29, 0.717) is 43.4 Å². The first-order chi connectivity index (χ1) is 33.2. The van der Waals surface area contributed by atoms with E-state index in [1.54, 1.807) is 9.36 Å². The first kappa shape index (κ1) is 49.0. The fourth-order valence-electron chi connectivity index (χ4n) is 8.92. The van der Waals surface area contributed by atoms with Crippen molar-refractivity contribution in [1.82, 2.24) is 59.1 Å². The summed E-state index contributed by atoms with van der Waals surface area (Å²) in [6.07, 6.45) is 2.67. The van der Waals surface area contributed by atoms with E-state index in [0.717, 1.165) is 41.9 Å². The van der Waals surface area contributed by atoms with Crippen LogP contribution >= 0.6 is 75.3 Å². The maximum Gasteiger partial charge on any atom is 0.265 e. The van der Waals surface area contributed by atoms with E-state index in [4.69, 9.17) is 21.0 Å². The third kappa shape index (κ3) is 11.0. The Kier molecular flexibility index (Phi) is 15.0. The zero-order chi connectivity index (χ0) is 48.4. The average Bonchev–Trinajstić information content (AvgIpc) is 4.24. The second kappa shape index (κ2) is 21.2. The minimum atomic E-state index is -3.54. The number of hydrogen-bond donors (Lipinski definition) is 1. The van der Waals surface area contributed by atoms with Crippen LogP contribution in [-0.4, -0.2) is 78.8 Å². The number of aliphatic hydroxyl groups excluding tert-OH is 1. The molecule has 0 fully saturated rings. The largest absolute Gasteiger partial charge is 0.385 e. The fraction of sp³-hybridized carbons (Fsp3) is 0.283. The molecule has 12 rings (SSSR count). The highest BCUT2D eigenvalue weighted by Gasteiger charge is 2.39. The zero-order valence-corrected chi connectivity index (χ0v) is 44.2. The van der Waals surface area contributed by atoms with Crippen molar-refractivity contribution in [2.75, 3.05) is 6.26 Å². The summed E-state index contributed by atoms with van der Waals surface area (Å²) in [5, 5.41) is 36.2. The second-order valence-corrected chi connectivity index (χ2v) is 21.3.